The third kappa shape index (κ3) is 7.53. The molecule has 14 heavy (non-hydrogen) atoms. The van der Waals surface area contributed by atoms with Crippen molar-refractivity contribution in [3.8, 4) is 0 Å². The maximum atomic E-state index is 11.3. The molecule has 0 aliphatic carbocycles. The van der Waals surface area contributed by atoms with E-state index < -0.39 is 13.2 Å². The quantitative estimate of drug-likeness (QED) is 0.572. The van der Waals surface area contributed by atoms with Crippen molar-refractivity contribution in [3.63, 3.8) is 0 Å². The summed E-state index contributed by atoms with van der Waals surface area (Å²) in [6.45, 7) is 5.22. The predicted octanol–water partition coefficient (Wildman–Crippen LogP) is 1.40. The van der Waals surface area contributed by atoms with Gasteiger partial charge in [-0.05, 0) is 0 Å². The van der Waals surface area contributed by atoms with Crippen LogP contribution in [0.4, 0.5) is 0 Å². The van der Waals surface area contributed by atoms with Crippen LogP contribution < -0.4 is 0 Å². The number of thioether (sulfide) groups is 1. The third-order valence-electron chi connectivity index (χ3n) is 1.19. The van der Waals surface area contributed by atoms with Gasteiger partial charge in [-0.2, -0.15) is 0 Å². The molecule has 0 aliphatic heterocycles. The van der Waals surface area contributed by atoms with Crippen LogP contribution in [0.15, 0.2) is 0 Å². The number of phosphoric ester groups is 1. The number of hydrogen-bond donors (Lipinski definition) is 2. The number of carbonyl (C=O) groups excluding carboxylic acids is 1. The number of hydrogen-bond acceptors (Lipinski definition) is 4. The van der Waals surface area contributed by atoms with E-state index in [1.54, 1.807) is 20.8 Å². The van der Waals surface area contributed by atoms with Crippen molar-refractivity contribution in [3.05, 3.63) is 0 Å². The van der Waals surface area contributed by atoms with Crippen LogP contribution in [0, 0.1) is 5.41 Å². The molecule has 84 valence electrons. The van der Waals surface area contributed by atoms with E-state index in [2.05, 4.69) is 4.52 Å². The fourth-order valence-corrected chi connectivity index (χ4v) is 1.74. The maximum absolute atomic E-state index is 11.3. The normalized spacial score (nSPS) is 12.9. The highest BCUT2D eigenvalue weighted by Gasteiger charge is 2.21. The van der Waals surface area contributed by atoms with Crippen LogP contribution in [0.25, 0.3) is 0 Å². The molecule has 0 atom stereocenters. The molecule has 0 fully saturated rings. The minimum atomic E-state index is -4.39. The van der Waals surface area contributed by atoms with Gasteiger partial charge in [0, 0.05) is 11.2 Å². The van der Waals surface area contributed by atoms with Crippen molar-refractivity contribution in [2.45, 2.75) is 20.8 Å². The molecule has 7 heteroatoms. The van der Waals surface area contributed by atoms with E-state index in [1.165, 1.54) is 0 Å². The van der Waals surface area contributed by atoms with Gasteiger partial charge < -0.3 is 9.79 Å². The Balaban J connectivity index is 3.67. The first kappa shape index (κ1) is 14.1. The van der Waals surface area contributed by atoms with Crippen LogP contribution in [0.5, 0.6) is 0 Å². The van der Waals surface area contributed by atoms with Crippen LogP contribution >= 0.6 is 19.6 Å². The Kier molecular flexibility index (Phi) is 5.33. The summed E-state index contributed by atoms with van der Waals surface area (Å²) in [6.07, 6.45) is 0. The smallest absolute Gasteiger partial charge is 0.303 e. The zero-order chi connectivity index (χ0) is 11.4. The Bertz CT molecular complexity index is 241. The van der Waals surface area contributed by atoms with Crippen LogP contribution in [-0.4, -0.2) is 27.3 Å². The van der Waals surface area contributed by atoms with E-state index in [-0.39, 0.29) is 17.5 Å². The van der Waals surface area contributed by atoms with Crippen molar-refractivity contribution in [2.24, 2.45) is 5.41 Å². The van der Waals surface area contributed by atoms with Crippen molar-refractivity contribution in [1.82, 2.24) is 0 Å². The Labute approximate surface area is 87.5 Å². The van der Waals surface area contributed by atoms with Gasteiger partial charge in [0.05, 0.1) is 6.61 Å². The third-order valence-corrected chi connectivity index (χ3v) is 2.95. The van der Waals surface area contributed by atoms with Gasteiger partial charge in [-0.1, -0.05) is 32.5 Å². The summed E-state index contributed by atoms with van der Waals surface area (Å²) in [4.78, 5) is 28.0. The molecule has 2 N–H and O–H groups in total. The second kappa shape index (κ2) is 5.28. The maximum Gasteiger partial charge on any atom is 0.469 e. The molecule has 0 rings (SSSR count). The highest BCUT2D eigenvalue weighted by Crippen LogP contribution is 2.35. The van der Waals surface area contributed by atoms with Crippen LogP contribution in [0.1, 0.15) is 20.8 Å². The van der Waals surface area contributed by atoms with E-state index in [4.69, 9.17) is 9.79 Å². The summed E-state index contributed by atoms with van der Waals surface area (Å²) >= 11 is 1.02. The van der Waals surface area contributed by atoms with Gasteiger partial charge in [0.2, 0.25) is 0 Å². The molecule has 0 aromatic carbocycles. The summed E-state index contributed by atoms with van der Waals surface area (Å²) < 4.78 is 14.4. The highest BCUT2D eigenvalue weighted by molar-refractivity contribution is 8.13. The predicted molar refractivity (Wildman–Crippen MR) is 54.9 cm³/mol. The first-order valence-electron chi connectivity index (χ1n) is 4.00. The largest absolute Gasteiger partial charge is 0.469 e. The van der Waals surface area contributed by atoms with Gasteiger partial charge in [-0.25, -0.2) is 4.57 Å². The fourth-order valence-electron chi connectivity index (χ4n) is 0.507. The molecule has 0 spiro atoms. The first-order chi connectivity index (χ1) is 6.13. The van der Waals surface area contributed by atoms with Gasteiger partial charge in [0.1, 0.15) is 0 Å². The summed E-state index contributed by atoms with van der Waals surface area (Å²) in [5, 5.41) is -0.0215. The topological polar surface area (TPSA) is 83.8 Å². The number of rotatable bonds is 4. The minimum Gasteiger partial charge on any atom is -0.303 e. The van der Waals surface area contributed by atoms with Gasteiger partial charge in [-0.15, -0.1) is 0 Å². The lowest BCUT2D eigenvalue weighted by Gasteiger charge is -2.15. The fraction of sp³-hybridized carbons (Fsp3) is 0.857. The molecule has 0 aromatic heterocycles. The lowest BCUT2D eigenvalue weighted by molar-refractivity contribution is -0.117. The molecular formula is C7H15O5PS. The van der Waals surface area contributed by atoms with Gasteiger partial charge in [0.25, 0.3) is 0 Å². The standard InChI is InChI=1S/C7H15O5PS/c1-7(2,3)6(8)14-5-4-12-13(9,10)11/h4-5H2,1-3H3,(H2,9,10,11). The Morgan fingerprint density at radius 1 is 1.43 bits per heavy atom. The van der Waals surface area contributed by atoms with Crippen LogP contribution in [0.3, 0.4) is 0 Å². The van der Waals surface area contributed by atoms with Crippen LogP contribution in [-0.2, 0) is 13.9 Å². The molecule has 0 heterocycles. The van der Waals surface area contributed by atoms with Crippen molar-refractivity contribution < 1.29 is 23.7 Å². The molecular weight excluding hydrogens is 227 g/mol. The number of carbonyl (C=O) groups is 1. The summed E-state index contributed by atoms with van der Waals surface area (Å²) in [6, 6.07) is 0. The highest BCUT2D eigenvalue weighted by atomic mass is 32.2. The van der Waals surface area contributed by atoms with E-state index >= 15 is 0 Å². The molecule has 0 amide bonds. The molecule has 0 saturated heterocycles. The lowest BCUT2D eigenvalue weighted by atomic mass is 10.00. The monoisotopic (exact) mass is 242 g/mol. The molecule has 0 bridgehead atoms. The molecule has 0 aromatic rings. The Hall–Kier alpha value is 0.130. The first-order valence-corrected chi connectivity index (χ1v) is 6.52. The zero-order valence-corrected chi connectivity index (χ0v) is 10.1. The van der Waals surface area contributed by atoms with E-state index in [0.29, 0.717) is 0 Å². The summed E-state index contributed by atoms with van der Waals surface area (Å²) in [5.41, 5.74) is -0.438. The van der Waals surface area contributed by atoms with Gasteiger partial charge >= 0.3 is 7.82 Å². The summed E-state index contributed by atoms with van der Waals surface area (Å²) in [7, 11) is -4.39. The Morgan fingerprint density at radius 3 is 2.29 bits per heavy atom. The minimum absolute atomic E-state index is 0.0215. The van der Waals surface area contributed by atoms with Gasteiger partial charge in [0.15, 0.2) is 5.12 Å². The molecule has 0 saturated carbocycles. The SMILES string of the molecule is CC(C)(C)C(=O)SCCOP(=O)(O)O. The van der Waals surface area contributed by atoms with Crippen molar-refractivity contribution in [1.29, 1.82) is 0 Å². The van der Waals surface area contributed by atoms with Crippen LogP contribution in [0.2, 0.25) is 0 Å². The van der Waals surface area contributed by atoms with E-state index in [9.17, 15) is 9.36 Å². The lowest BCUT2D eigenvalue weighted by Crippen LogP contribution is -2.17. The number of phosphoric acid groups is 1. The molecule has 0 aliphatic rings. The molecule has 0 unspecified atom stereocenters. The molecule has 0 radical (unpaired) electrons. The average molecular weight is 242 g/mol. The second-order valence-corrected chi connectivity index (χ2v) is 6.02. The second-order valence-electron chi connectivity index (χ2n) is 3.71. The van der Waals surface area contributed by atoms with Crippen molar-refractivity contribution in [2.75, 3.05) is 12.4 Å². The van der Waals surface area contributed by atoms with E-state index in [0.717, 1.165) is 11.8 Å². The Morgan fingerprint density at radius 2 is 1.93 bits per heavy atom. The van der Waals surface area contributed by atoms with Gasteiger partial charge in [-0.3, -0.25) is 9.32 Å². The van der Waals surface area contributed by atoms with Crippen molar-refractivity contribution >= 4 is 24.7 Å². The summed E-state index contributed by atoms with van der Waals surface area (Å²) in [5.74, 6) is 0.251. The average Bonchev–Trinajstić information content (AvgIpc) is 1.93. The van der Waals surface area contributed by atoms with E-state index in [1.807, 2.05) is 0 Å². The zero-order valence-electron chi connectivity index (χ0n) is 8.39. The molecule has 5 nitrogen and oxygen atoms in total.